The van der Waals surface area contributed by atoms with Crippen LogP contribution in [0.4, 0.5) is 0 Å². The molecule has 0 N–H and O–H groups in total. The van der Waals surface area contributed by atoms with Crippen molar-refractivity contribution >= 4 is 35.0 Å². The lowest BCUT2D eigenvalue weighted by Gasteiger charge is -2.19. The summed E-state index contributed by atoms with van der Waals surface area (Å²) >= 11 is 12.0. The molecule has 0 unspecified atom stereocenters. The van der Waals surface area contributed by atoms with Gasteiger partial charge in [0.2, 0.25) is 5.78 Å². The Balaban J connectivity index is 2.14. The molecule has 0 aliphatic rings. The molecule has 0 saturated heterocycles. The number of carbonyl (C=O) groups is 2. The molecule has 0 fully saturated rings. The predicted molar refractivity (Wildman–Crippen MR) is 101 cm³/mol. The Hall–Kier alpha value is -1.84. The van der Waals surface area contributed by atoms with E-state index in [2.05, 4.69) is 20.8 Å². The fraction of sp³-hybridized carbons (Fsp3) is 0.300. The molecule has 0 aromatic heterocycles. The van der Waals surface area contributed by atoms with Crippen LogP contribution in [0.2, 0.25) is 10.0 Å². The number of hydrogen-bond acceptors (Lipinski definition) is 3. The van der Waals surface area contributed by atoms with Crippen LogP contribution in [0.25, 0.3) is 0 Å². The van der Waals surface area contributed by atoms with Gasteiger partial charge in [-0.3, -0.25) is 4.79 Å². The number of hydrogen-bond donors (Lipinski definition) is 0. The van der Waals surface area contributed by atoms with Gasteiger partial charge < -0.3 is 4.74 Å². The number of halogens is 2. The smallest absolute Gasteiger partial charge is 0.341 e. The van der Waals surface area contributed by atoms with Crippen LogP contribution in [0, 0.1) is 0 Å². The van der Waals surface area contributed by atoms with Crippen molar-refractivity contribution in [3.63, 3.8) is 0 Å². The summed E-state index contributed by atoms with van der Waals surface area (Å²) in [7, 11) is 0. The Bertz CT molecular complexity index is 769. The summed E-state index contributed by atoms with van der Waals surface area (Å²) in [5, 5.41) is 0.373. The number of ketones is 1. The first kappa shape index (κ1) is 19.5. The summed E-state index contributed by atoms with van der Waals surface area (Å²) in [5.74, 6) is -1.00. The van der Waals surface area contributed by atoms with E-state index in [4.69, 9.17) is 27.9 Å². The lowest BCUT2D eigenvalue weighted by atomic mass is 9.86. The Labute approximate surface area is 157 Å². The molecule has 0 amide bonds. The van der Waals surface area contributed by atoms with E-state index in [0.717, 1.165) is 5.56 Å². The highest BCUT2D eigenvalue weighted by molar-refractivity contribution is 6.39. The molecule has 0 spiro atoms. The average Bonchev–Trinajstić information content (AvgIpc) is 2.53. The van der Waals surface area contributed by atoms with Gasteiger partial charge in [0, 0.05) is 5.56 Å². The minimum atomic E-state index is -0.944. The van der Waals surface area contributed by atoms with Crippen LogP contribution in [0.3, 0.4) is 0 Å². The number of ether oxygens (including phenoxy) is 1. The monoisotopic (exact) mass is 378 g/mol. The first-order valence-electron chi connectivity index (χ1n) is 7.91. The van der Waals surface area contributed by atoms with Crippen LogP contribution in [0.1, 0.15) is 54.0 Å². The maximum Gasteiger partial charge on any atom is 0.341 e. The van der Waals surface area contributed by atoms with Crippen LogP contribution >= 0.6 is 23.2 Å². The zero-order chi connectivity index (χ0) is 18.8. The zero-order valence-electron chi connectivity index (χ0n) is 14.6. The summed E-state index contributed by atoms with van der Waals surface area (Å²) in [4.78, 5) is 24.8. The molecule has 2 rings (SSSR count). The van der Waals surface area contributed by atoms with Crippen molar-refractivity contribution in [1.82, 2.24) is 0 Å². The van der Waals surface area contributed by atoms with E-state index in [0.29, 0.717) is 5.56 Å². The quantitative estimate of drug-likeness (QED) is 0.504. The molecule has 0 saturated carbocycles. The Morgan fingerprint density at radius 1 is 0.960 bits per heavy atom. The number of benzene rings is 2. The molecular weight excluding hydrogens is 359 g/mol. The predicted octanol–water partition coefficient (Wildman–Crippen LogP) is 5.72. The molecular formula is C20H20Cl2O3. The van der Waals surface area contributed by atoms with Gasteiger partial charge in [-0.15, -0.1) is 0 Å². The standard InChI is InChI=1S/C20H20Cl2O3/c1-12(25-19(24)17-15(21)6-5-7-16(17)22)18(23)13-8-10-14(11-9-13)20(2,3)4/h5-12H,1-4H3/t12-/m1/s1. The van der Waals surface area contributed by atoms with Crippen molar-refractivity contribution in [2.75, 3.05) is 0 Å². The molecule has 0 radical (unpaired) electrons. The normalized spacial score (nSPS) is 12.6. The van der Waals surface area contributed by atoms with Gasteiger partial charge in [0.1, 0.15) is 0 Å². The molecule has 0 aliphatic heterocycles. The van der Waals surface area contributed by atoms with Gasteiger partial charge >= 0.3 is 5.97 Å². The second kappa shape index (κ2) is 7.59. The molecule has 25 heavy (non-hydrogen) atoms. The molecule has 1 atom stereocenters. The van der Waals surface area contributed by atoms with Gasteiger partial charge in [0.15, 0.2) is 6.10 Å². The topological polar surface area (TPSA) is 43.4 Å². The number of carbonyl (C=O) groups excluding carboxylic acids is 2. The van der Waals surface area contributed by atoms with E-state index in [1.807, 2.05) is 12.1 Å². The van der Waals surface area contributed by atoms with Crippen molar-refractivity contribution in [2.45, 2.75) is 39.2 Å². The Morgan fingerprint density at radius 2 is 1.48 bits per heavy atom. The van der Waals surface area contributed by atoms with E-state index in [1.165, 1.54) is 6.92 Å². The summed E-state index contributed by atoms with van der Waals surface area (Å²) in [6, 6.07) is 12.0. The van der Waals surface area contributed by atoms with Crippen molar-refractivity contribution < 1.29 is 14.3 Å². The van der Waals surface area contributed by atoms with Crippen LogP contribution < -0.4 is 0 Å². The van der Waals surface area contributed by atoms with E-state index in [-0.39, 0.29) is 26.8 Å². The van der Waals surface area contributed by atoms with Gasteiger partial charge in [0.25, 0.3) is 0 Å². The van der Waals surface area contributed by atoms with E-state index in [1.54, 1.807) is 30.3 Å². The second-order valence-corrected chi connectivity index (χ2v) is 7.65. The Kier molecular flexibility index (Phi) is 5.91. The third-order valence-electron chi connectivity index (χ3n) is 3.86. The molecule has 0 bridgehead atoms. The van der Waals surface area contributed by atoms with E-state index < -0.39 is 12.1 Å². The van der Waals surface area contributed by atoms with Gasteiger partial charge in [-0.1, -0.05) is 74.3 Å². The first-order chi connectivity index (χ1) is 11.6. The largest absolute Gasteiger partial charge is 0.451 e. The van der Waals surface area contributed by atoms with Gasteiger partial charge in [-0.05, 0) is 30.0 Å². The lowest BCUT2D eigenvalue weighted by molar-refractivity contribution is 0.0319. The van der Waals surface area contributed by atoms with Crippen LogP contribution in [0.15, 0.2) is 42.5 Å². The fourth-order valence-corrected chi connectivity index (χ4v) is 2.89. The second-order valence-electron chi connectivity index (χ2n) is 6.84. The van der Waals surface area contributed by atoms with Gasteiger partial charge in [-0.2, -0.15) is 0 Å². The number of esters is 1. The molecule has 2 aromatic carbocycles. The van der Waals surface area contributed by atoms with Crippen molar-refractivity contribution in [1.29, 1.82) is 0 Å². The van der Waals surface area contributed by atoms with E-state index >= 15 is 0 Å². The maximum atomic E-state index is 12.5. The fourth-order valence-electron chi connectivity index (χ4n) is 2.34. The van der Waals surface area contributed by atoms with Crippen molar-refractivity contribution in [2.24, 2.45) is 0 Å². The highest BCUT2D eigenvalue weighted by Crippen LogP contribution is 2.26. The van der Waals surface area contributed by atoms with Crippen LogP contribution in [-0.2, 0) is 10.2 Å². The average molecular weight is 379 g/mol. The highest BCUT2D eigenvalue weighted by atomic mass is 35.5. The summed E-state index contributed by atoms with van der Waals surface area (Å²) in [6.45, 7) is 7.83. The van der Waals surface area contributed by atoms with Crippen molar-refractivity contribution in [3.8, 4) is 0 Å². The minimum absolute atomic E-state index is 0.000463. The Morgan fingerprint density at radius 3 is 1.96 bits per heavy atom. The molecule has 3 nitrogen and oxygen atoms in total. The third-order valence-corrected chi connectivity index (χ3v) is 4.49. The van der Waals surface area contributed by atoms with E-state index in [9.17, 15) is 9.59 Å². The number of Topliss-reactive ketones (excluding diaryl/α,β-unsaturated/α-hetero) is 1. The summed E-state index contributed by atoms with van der Waals surface area (Å²) < 4.78 is 5.25. The number of rotatable bonds is 4. The van der Waals surface area contributed by atoms with Gasteiger partial charge in [0.05, 0.1) is 15.6 Å². The third kappa shape index (κ3) is 4.62. The van der Waals surface area contributed by atoms with Crippen LogP contribution in [0.5, 0.6) is 0 Å². The minimum Gasteiger partial charge on any atom is -0.451 e. The summed E-state index contributed by atoms with van der Waals surface area (Å²) in [6.07, 6.45) is -0.944. The molecule has 5 heteroatoms. The SMILES string of the molecule is C[C@@H](OC(=O)c1c(Cl)cccc1Cl)C(=O)c1ccc(C(C)(C)C)cc1. The lowest BCUT2D eigenvalue weighted by Crippen LogP contribution is -2.25. The molecule has 132 valence electrons. The first-order valence-corrected chi connectivity index (χ1v) is 8.66. The summed E-state index contributed by atoms with van der Waals surface area (Å²) in [5.41, 5.74) is 1.67. The molecule has 0 aliphatic carbocycles. The van der Waals surface area contributed by atoms with Crippen LogP contribution in [-0.4, -0.2) is 17.9 Å². The maximum absolute atomic E-state index is 12.5. The highest BCUT2D eigenvalue weighted by Gasteiger charge is 2.24. The zero-order valence-corrected chi connectivity index (χ0v) is 16.1. The van der Waals surface area contributed by atoms with Gasteiger partial charge in [-0.25, -0.2) is 4.79 Å². The molecule has 0 heterocycles. The van der Waals surface area contributed by atoms with Crippen molar-refractivity contribution in [3.05, 3.63) is 69.2 Å². The molecule has 2 aromatic rings.